The molecule has 0 saturated carbocycles. The number of rotatable bonds is 5. The van der Waals surface area contributed by atoms with Crippen LogP contribution in [0.5, 0.6) is 5.75 Å². The van der Waals surface area contributed by atoms with E-state index in [-0.39, 0.29) is 5.57 Å². The molecular weight excluding hydrogens is 356 g/mol. The minimum absolute atomic E-state index is 0.189. The molecule has 6 heteroatoms. The number of halogens is 1. The molecule has 1 unspecified atom stereocenters. The molecule has 0 spiro atoms. The molecule has 2 aromatic carbocycles. The van der Waals surface area contributed by atoms with Gasteiger partial charge >= 0.3 is 11.9 Å². The van der Waals surface area contributed by atoms with Gasteiger partial charge < -0.3 is 14.2 Å². The highest BCUT2D eigenvalue weighted by Gasteiger charge is 2.23. The molecule has 0 N–H and O–H groups in total. The van der Waals surface area contributed by atoms with Crippen molar-refractivity contribution >= 4 is 29.1 Å². The molecule has 0 aliphatic carbocycles. The van der Waals surface area contributed by atoms with Crippen LogP contribution in [0.2, 0.25) is 5.02 Å². The fourth-order valence-electron chi connectivity index (χ4n) is 2.22. The topological polar surface area (TPSA) is 61.8 Å². The number of carbonyl (C=O) groups is 2. The van der Waals surface area contributed by atoms with Gasteiger partial charge in [0.15, 0.2) is 0 Å². The average molecular weight is 371 g/mol. The lowest BCUT2D eigenvalue weighted by Crippen LogP contribution is -2.14. The molecule has 0 radical (unpaired) electrons. The highest BCUT2D eigenvalue weighted by molar-refractivity contribution is 6.30. The number of hydrogen-bond donors (Lipinski definition) is 0. The van der Waals surface area contributed by atoms with Crippen molar-refractivity contribution < 1.29 is 23.8 Å². The fraction of sp³-hybridized carbons (Fsp3) is 0.100. The van der Waals surface area contributed by atoms with Gasteiger partial charge in [0.2, 0.25) is 0 Å². The summed E-state index contributed by atoms with van der Waals surface area (Å²) in [4.78, 5) is 24.0. The molecule has 0 aromatic heterocycles. The Morgan fingerprint density at radius 2 is 1.81 bits per heavy atom. The molecule has 0 bridgehead atoms. The predicted octanol–water partition coefficient (Wildman–Crippen LogP) is 4.13. The van der Waals surface area contributed by atoms with Crippen LogP contribution in [0.3, 0.4) is 0 Å². The zero-order chi connectivity index (χ0) is 18.5. The van der Waals surface area contributed by atoms with Crippen molar-refractivity contribution in [2.24, 2.45) is 0 Å². The number of esters is 2. The van der Waals surface area contributed by atoms with E-state index < -0.39 is 18.2 Å². The Morgan fingerprint density at radius 1 is 1.12 bits per heavy atom. The molecule has 1 heterocycles. The molecule has 0 amide bonds. The summed E-state index contributed by atoms with van der Waals surface area (Å²) in [5.41, 5.74) is 1.25. The van der Waals surface area contributed by atoms with Crippen LogP contribution in [0.25, 0.3) is 5.57 Å². The summed E-state index contributed by atoms with van der Waals surface area (Å²) >= 11 is 5.83. The van der Waals surface area contributed by atoms with Gasteiger partial charge in [0, 0.05) is 16.7 Å². The molecule has 1 aliphatic rings. The van der Waals surface area contributed by atoms with Crippen LogP contribution >= 0.6 is 11.6 Å². The zero-order valence-corrected chi connectivity index (χ0v) is 14.6. The summed E-state index contributed by atoms with van der Waals surface area (Å²) < 4.78 is 15.8. The fourth-order valence-corrected chi connectivity index (χ4v) is 2.35. The van der Waals surface area contributed by atoms with Crippen molar-refractivity contribution in [1.82, 2.24) is 0 Å². The van der Waals surface area contributed by atoms with Gasteiger partial charge in [-0.15, -0.1) is 0 Å². The van der Waals surface area contributed by atoms with Crippen LogP contribution in [0, 0.1) is 0 Å². The largest absolute Gasteiger partial charge is 0.458 e. The van der Waals surface area contributed by atoms with Gasteiger partial charge in [-0.25, -0.2) is 9.59 Å². The summed E-state index contributed by atoms with van der Waals surface area (Å²) in [5.74, 6) is -0.707. The molecule has 1 aliphatic heterocycles. The van der Waals surface area contributed by atoms with Gasteiger partial charge in [-0.3, -0.25) is 0 Å². The normalized spacial score (nSPS) is 16.7. The van der Waals surface area contributed by atoms with Gasteiger partial charge in [0.05, 0.1) is 0 Å². The number of cyclic esters (lactones) is 1. The van der Waals surface area contributed by atoms with E-state index in [1.807, 2.05) is 6.07 Å². The van der Waals surface area contributed by atoms with Crippen molar-refractivity contribution in [2.75, 3.05) is 0 Å². The van der Waals surface area contributed by atoms with E-state index in [0.29, 0.717) is 21.9 Å². The molecule has 3 rings (SSSR count). The highest BCUT2D eigenvalue weighted by Crippen LogP contribution is 2.22. The first kappa shape index (κ1) is 17.8. The second kappa shape index (κ2) is 7.89. The highest BCUT2D eigenvalue weighted by atomic mass is 35.5. The third-order valence-electron chi connectivity index (χ3n) is 3.58. The second-order valence-corrected chi connectivity index (χ2v) is 5.94. The summed E-state index contributed by atoms with van der Waals surface area (Å²) in [7, 11) is 0. The standard InChI is InChI=1S/C20H15ClO5/c1-13-11-18(26-19(13)22)24-12-17(14-5-3-2-4-6-14)20(23)25-16-9-7-15(21)8-10-16/h2-12,18H,1H3/b17-12+. The minimum Gasteiger partial charge on any atom is -0.458 e. The van der Waals surface area contributed by atoms with Gasteiger partial charge in [-0.2, -0.15) is 0 Å². The first-order chi connectivity index (χ1) is 12.5. The van der Waals surface area contributed by atoms with E-state index >= 15 is 0 Å². The Balaban J connectivity index is 1.81. The van der Waals surface area contributed by atoms with E-state index in [0.717, 1.165) is 0 Å². The van der Waals surface area contributed by atoms with Crippen LogP contribution in [0.15, 0.2) is 72.5 Å². The van der Waals surface area contributed by atoms with E-state index in [4.69, 9.17) is 25.8 Å². The van der Waals surface area contributed by atoms with Crippen LogP contribution in [0.1, 0.15) is 12.5 Å². The van der Waals surface area contributed by atoms with Crippen molar-refractivity contribution in [3.63, 3.8) is 0 Å². The second-order valence-electron chi connectivity index (χ2n) is 5.50. The van der Waals surface area contributed by atoms with Crippen molar-refractivity contribution in [3.8, 4) is 5.75 Å². The molecule has 1 atom stereocenters. The number of carbonyl (C=O) groups excluding carboxylic acids is 2. The molecule has 5 nitrogen and oxygen atoms in total. The molecule has 132 valence electrons. The van der Waals surface area contributed by atoms with E-state index in [1.165, 1.54) is 12.3 Å². The maximum atomic E-state index is 12.6. The lowest BCUT2D eigenvalue weighted by Gasteiger charge is -2.11. The summed E-state index contributed by atoms with van der Waals surface area (Å²) in [6.45, 7) is 1.63. The van der Waals surface area contributed by atoms with Crippen LogP contribution in [-0.2, 0) is 19.1 Å². The molecule has 2 aromatic rings. The first-order valence-electron chi connectivity index (χ1n) is 7.81. The smallest absolute Gasteiger partial charge is 0.347 e. The van der Waals surface area contributed by atoms with E-state index in [2.05, 4.69) is 0 Å². The molecular formula is C20H15ClO5. The monoisotopic (exact) mass is 370 g/mol. The number of ether oxygens (including phenoxy) is 3. The Morgan fingerprint density at radius 3 is 2.42 bits per heavy atom. The van der Waals surface area contributed by atoms with Crippen molar-refractivity contribution in [1.29, 1.82) is 0 Å². The Bertz CT molecular complexity index is 869. The SMILES string of the molecule is CC1=CC(O/C=C(/C(=O)Oc2ccc(Cl)cc2)c2ccccc2)OC1=O. The number of benzene rings is 2. The van der Waals surface area contributed by atoms with Crippen molar-refractivity contribution in [3.05, 3.63) is 83.1 Å². The Hall–Kier alpha value is -3.05. The maximum Gasteiger partial charge on any atom is 0.347 e. The van der Waals surface area contributed by atoms with E-state index in [1.54, 1.807) is 55.5 Å². The minimum atomic E-state index is -0.871. The van der Waals surface area contributed by atoms with Gasteiger partial charge in [-0.1, -0.05) is 41.9 Å². The lowest BCUT2D eigenvalue weighted by molar-refractivity contribution is -0.152. The molecule has 0 fully saturated rings. The summed E-state index contributed by atoms with van der Waals surface area (Å²) in [6.07, 6.45) is 1.90. The van der Waals surface area contributed by atoms with Gasteiger partial charge in [-0.05, 0) is 36.8 Å². The van der Waals surface area contributed by atoms with Crippen molar-refractivity contribution in [2.45, 2.75) is 13.2 Å². The van der Waals surface area contributed by atoms with Crippen LogP contribution in [-0.4, -0.2) is 18.2 Å². The molecule has 0 saturated heterocycles. The number of hydrogen-bond acceptors (Lipinski definition) is 5. The first-order valence-corrected chi connectivity index (χ1v) is 8.19. The third kappa shape index (κ3) is 4.32. The van der Waals surface area contributed by atoms with Gasteiger partial charge in [0.25, 0.3) is 6.29 Å². The van der Waals surface area contributed by atoms with Crippen LogP contribution < -0.4 is 4.74 Å². The Labute approximate surface area is 155 Å². The van der Waals surface area contributed by atoms with Gasteiger partial charge in [0.1, 0.15) is 17.6 Å². The van der Waals surface area contributed by atoms with E-state index in [9.17, 15) is 9.59 Å². The third-order valence-corrected chi connectivity index (χ3v) is 3.83. The summed E-state index contributed by atoms with van der Waals surface area (Å²) in [6, 6.07) is 15.3. The molecule has 26 heavy (non-hydrogen) atoms. The quantitative estimate of drug-likeness (QED) is 0.343. The lowest BCUT2D eigenvalue weighted by atomic mass is 10.1. The van der Waals surface area contributed by atoms with Crippen LogP contribution in [0.4, 0.5) is 0 Å². The zero-order valence-electron chi connectivity index (χ0n) is 13.8. The summed E-state index contributed by atoms with van der Waals surface area (Å²) in [5, 5.41) is 0.539. The maximum absolute atomic E-state index is 12.6. The average Bonchev–Trinajstić information content (AvgIpc) is 2.96. The Kier molecular flexibility index (Phi) is 5.39. The predicted molar refractivity (Wildman–Crippen MR) is 96.2 cm³/mol.